The Bertz CT molecular complexity index is 996. The number of imidazole rings is 1. The number of nitrogens with one attached hydrogen (secondary N) is 2. The SMILES string of the molecule is CCS(=O)(=O)Nc1ccc(C(=O)NCc2ccc(-n3ccnc3)cc2)cc1. The van der Waals surface area contributed by atoms with Crippen LogP contribution in [0.3, 0.4) is 0 Å². The van der Waals surface area contributed by atoms with Crippen molar-refractivity contribution in [2.24, 2.45) is 0 Å². The smallest absolute Gasteiger partial charge is 0.251 e. The van der Waals surface area contributed by atoms with E-state index in [0.717, 1.165) is 11.3 Å². The Morgan fingerprint density at radius 1 is 1.07 bits per heavy atom. The van der Waals surface area contributed by atoms with Gasteiger partial charge in [-0.15, -0.1) is 0 Å². The highest BCUT2D eigenvalue weighted by atomic mass is 32.2. The Hall–Kier alpha value is -3.13. The first kappa shape index (κ1) is 18.7. The summed E-state index contributed by atoms with van der Waals surface area (Å²) < 4.78 is 27.4. The molecule has 3 rings (SSSR count). The number of hydrogen-bond acceptors (Lipinski definition) is 4. The molecule has 8 heteroatoms. The summed E-state index contributed by atoms with van der Waals surface area (Å²) in [6.07, 6.45) is 5.30. The van der Waals surface area contributed by atoms with Gasteiger partial charge in [0, 0.05) is 35.9 Å². The Labute approximate surface area is 158 Å². The fourth-order valence-corrected chi connectivity index (χ4v) is 3.06. The second-order valence-corrected chi connectivity index (χ2v) is 7.91. The van der Waals surface area contributed by atoms with Gasteiger partial charge in [0.1, 0.15) is 0 Å². The van der Waals surface area contributed by atoms with Crippen LogP contribution in [0.5, 0.6) is 0 Å². The lowest BCUT2D eigenvalue weighted by molar-refractivity contribution is 0.0951. The van der Waals surface area contributed by atoms with Crippen LogP contribution in [-0.4, -0.2) is 29.6 Å². The Morgan fingerprint density at radius 3 is 2.37 bits per heavy atom. The molecule has 0 fully saturated rings. The molecule has 1 heterocycles. The van der Waals surface area contributed by atoms with E-state index in [9.17, 15) is 13.2 Å². The van der Waals surface area contributed by atoms with Crippen molar-refractivity contribution in [3.8, 4) is 5.69 Å². The van der Waals surface area contributed by atoms with Gasteiger partial charge in [0.2, 0.25) is 10.0 Å². The van der Waals surface area contributed by atoms with Crippen molar-refractivity contribution in [1.82, 2.24) is 14.9 Å². The molecule has 0 bridgehead atoms. The molecule has 0 unspecified atom stereocenters. The third-order valence-electron chi connectivity index (χ3n) is 3.99. The Morgan fingerprint density at radius 2 is 1.78 bits per heavy atom. The monoisotopic (exact) mass is 384 g/mol. The summed E-state index contributed by atoms with van der Waals surface area (Å²) in [6.45, 7) is 1.96. The van der Waals surface area contributed by atoms with Crippen LogP contribution in [0.2, 0.25) is 0 Å². The molecule has 1 amide bonds. The van der Waals surface area contributed by atoms with Crippen LogP contribution in [-0.2, 0) is 16.6 Å². The summed E-state index contributed by atoms with van der Waals surface area (Å²) in [5.74, 6) is -0.229. The molecular weight excluding hydrogens is 364 g/mol. The minimum Gasteiger partial charge on any atom is -0.348 e. The maximum absolute atomic E-state index is 12.3. The van der Waals surface area contributed by atoms with Crippen LogP contribution < -0.4 is 10.0 Å². The van der Waals surface area contributed by atoms with Gasteiger partial charge in [-0.2, -0.15) is 0 Å². The molecule has 0 saturated heterocycles. The van der Waals surface area contributed by atoms with Gasteiger partial charge in [0.05, 0.1) is 12.1 Å². The predicted molar refractivity (Wildman–Crippen MR) is 104 cm³/mol. The lowest BCUT2D eigenvalue weighted by Crippen LogP contribution is -2.22. The zero-order valence-corrected chi connectivity index (χ0v) is 15.6. The zero-order chi connectivity index (χ0) is 19.3. The maximum Gasteiger partial charge on any atom is 0.251 e. The van der Waals surface area contributed by atoms with E-state index in [1.165, 1.54) is 0 Å². The van der Waals surface area contributed by atoms with Crippen molar-refractivity contribution in [2.45, 2.75) is 13.5 Å². The van der Waals surface area contributed by atoms with E-state index in [1.807, 2.05) is 35.0 Å². The van der Waals surface area contributed by atoms with Gasteiger partial charge >= 0.3 is 0 Å². The number of rotatable bonds is 7. The van der Waals surface area contributed by atoms with Crippen LogP contribution in [0, 0.1) is 0 Å². The molecule has 0 saturated carbocycles. The number of carbonyl (C=O) groups excluding carboxylic acids is 1. The van der Waals surface area contributed by atoms with Gasteiger partial charge in [-0.25, -0.2) is 13.4 Å². The largest absolute Gasteiger partial charge is 0.348 e. The lowest BCUT2D eigenvalue weighted by Gasteiger charge is -2.09. The van der Waals surface area contributed by atoms with Crippen LogP contribution in [0.15, 0.2) is 67.3 Å². The molecule has 3 aromatic rings. The molecule has 0 spiro atoms. The predicted octanol–water partition coefficient (Wildman–Crippen LogP) is 2.56. The molecule has 2 aromatic carbocycles. The van der Waals surface area contributed by atoms with Gasteiger partial charge in [-0.1, -0.05) is 12.1 Å². The molecule has 0 radical (unpaired) electrons. The van der Waals surface area contributed by atoms with Crippen molar-refractivity contribution < 1.29 is 13.2 Å². The van der Waals surface area contributed by atoms with E-state index in [4.69, 9.17) is 0 Å². The van der Waals surface area contributed by atoms with Gasteiger partial charge in [-0.3, -0.25) is 9.52 Å². The molecule has 0 aliphatic carbocycles. The van der Waals surface area contributed by atoms with Gasteiger partial charge < -0.3 is 9.88 Å². The Balaban J connectivity index is 1.57. The van der Waals surface area contributed by atoms with E-state index in [1.54, 1.807) is 43.7 Å². The van der Waals surface area contributed by atoms with Crippen LogP contribution in [0.25, 0.3) is 5.69 Å². The number of nitrogens with zero attached hydrogens (tertiary/aromatic N) is 2. The first-order chi connectivity index (χ1) is 13.0. The third kappa shape index (κ3) is 4.95. The van der Waals surface area contributed by atoms with E-state index in [-0.39, 0.29) is 11.7 Å². The molecule has 27 heavy (non-hydrogen) atoms. The van der Waals surface area contributed by atoms with Crippen molar-refractivity contribution >= 4 is 21.6 Å². The van der Waals surface area contributed by atoms with Gasteiger partial charge in [0.15, 0.2) is 0 Å². The summed E-state index contributed by atoms with van der Waals surface area (Å²) in [5, 5.41) is 2.85. The molecule has 140 valence electrons. The third-order valence-corrected chi connectivity index (χ3v) is 5.30. The minimum absolute atomic E-state index is 0.00509. The zero-order valence-electron chi connectivity index (χ0n) is 14.8. The van der Waals surface area contributed by atoms with E-state index in [2.05, 4.69) is 15.0 Å². The van der Waals surface area contributed by atoms with E-state index in [0.29, 0.717) is 17.8 Å². The summed E-state index contributed by atoms with van der Waals surface area (Å²) in [7, 11) is -3.33. The molecule has 2 N–H and O–H groups in total. The van der Waals surface area contributed by atoms with Crippen LogP contribution >= 0.6 is 0 Å². The van der Waals surface area contributed by atoms with Gasteiger partial charge in [0.25, 0.3) is 5.91 Å². The normalized spacial score (nSPS) is 11.1. The minimum atomic E-state index is -3.33. The molecule has 0 aliphatic heterocycles. The van der Waals surface area contributed by atoms with E-state index >= 15 is 0 Å². The van der Waals surface area contributed by atoms with Crippen molar-refractivity contribution in [3.63, 3.8) is 0 Å². The number of aromatic nitrogens is 2. The van der Waals surface area contributed by atoms with Crippen LogP contribution in [0.1, 0.15) is 22.8 Å². The quantitative estimate of drug-likeness (QED) is 0.655. The summed E-state index contributed by atoms with van der Waals surface area (Å²) in [4.78, 5) is 16.3. The number of hydrogen-bond donors (Lipinski definition) is 2. The molecule has 0 atom stereocenters. The first-order valence-electron chi connectivity index (χ1n) is 8.43. The lowest BCUT2D eigenvalue weighted by atomic mass is 10.1. The molecule has 1 aromatic heterocycles. The first-order valence-corrected chi connectivity index (χ1v) is 10.1. The Kier molecular flexibility index (Phi) is 5.56. The summed E-state index contributed by atoms with van der Waals surface area (Å²) in [6, 6.07) is 14.1. The maximum atomic E-state index is 12.3. The van der Waals surface area contributed by atoms with E-state index < -0.39 is 10.0 Å². The average molecular weight is 384 g/mol. The summed E-state index contributed by atoms with van der Waals surface area (Å²) in [5.41, 5.74) is 2.86. The standard InChI is InChI=1S/C19H20N4O3S/c1-2-27(25,26)22-17-7-5-16(6-8-17)19(24)21-13-15-3-9-18(10-4-15)23-12-11-20-14-23/h3-12,14,22H,2,13H2,1H3,(H,21,24). The van der Waals surface area contributed by atoms with Gasteiger partial charge in [-0.05, 0) is 48.9 Å². The number of sulfonamides is 1. The highest BCUT2D eigenvalue weighted by Crippen LogP contribution is 2.12. The van der Waals surface area contributed by atoms with Crippen molar-refractivity contribution in [2.75, 3.05) is 10.5 Å². The highest BCUT2D eigenvalue weighted by Gasteiger charge is 2.09. The number of anilines is 1. The summed E-state index contributed by atoms with van der Waals surface area (Å²) >= 11 is 0. The fraction of sp³-hybridized carbons (Fsp3) is 0.158. The number of carbonyl (C=O) groups is 1. The average Bonchev–Trinajstić information content (AvgIpc) is 3.21. The molecular formula is C19H20N4O3S. The fourth-order valence-electron chi connectivity index (χ4n) is 2.42. The topological polar surface area (TPSA) is 93.1 Å². The van der Waals surface area contributed by atoms with Crippen LogP contribution in [0.4, 0.5) is 5.69 Å². The number of amides is 1. The molecule has 7 nitrogen and oxygen atoms in total. The second-order valence-electron chi connectivity index (χ2n) is 5.90. The highest BCUT2D eigenvalue weighted by molar-refractivity contribution is 7.92. The van der Waals surface area contributed by atoms with Crippen molar-refractivity contribution in [3.05, 3.63) is 78.4 Å². The second kappa shape index (κ2) is 8.05. The molecule has 0 aliphatic rings. The number of benzene rings is 2. The van der Waals surface area contributed by atoms with Crippen molar-refractivity contribution in [1.29, 1.82) is 0 Å².